The number of aromatic nitrogens is 1. The van der Waals surface area contributed by atoms with Crippen molar-refractivity contribution < 1.29 is 4.79 Å². The number of hydrogen-bond donors (Lipinski definition) is 4. The first kappa shape index (κ1) is 13.5. The Labute approximate surface area is 116 Å². The van der Waals surface area contributed by atoms with E-state index in [-0.39, 0.29) is 5.71 Å². The van der Waals surface area contributed by atoms with Gasteiger partial charge in [0.05, 0.1) is 11.9 Å². The number of rotatable bonds is 3. The molecule has 6 nitrogen and oxygen atoms in total. The maximum Gasteiger partial charge on any atom is 0.274 e. The number of benzene rings is 1. The average molecular weight is 269 g/mol. The van der Waals surface area contributed by atoms with Gasteiger partial charge in [0, 0.05) is 22.6 Å². The van der Waals surface area contributed by atoms with Crippen LogP contribution in [0.4, 0.5) is 17.1 Å². The molecule has 1 aromatic carbocycles. The Morgan fingerprint density at radius 3 is 2.65 bits per heavy atom. The quantitative estimate of drug-likeness (QED) is 0.499. The molecule has 0 bridgehead atoms. The molecule has 0 spiro atoms. The minimum atomic E-state index is -0.562. The van der Waals surface area contributed by atoms with Crippen LogP contribution in [0.3, 0.4) is 0 Å². The van der Waals surface area contributed by atoms with Gasteiger partial charge in [-0.15, -0.1) is 0 Å². The van der Waals surface area contributed by atoms with Crippen molar-refractivity contribution in [2.24, 2.45) is 0 Å². The second-order valence-electron chi connectivity index (χ2n) is 4.36. The Balaban J connectivity index is 2.18. The number of nitrogen functional groups attached to an aromatic ring is 2. The van der Waals surface area contributed by atoms with E-state index in [1.807, 2.05) is 6.92 Å². The molecule has 0 unspecified atom stereocenters. The van der Waals surface area contributed by atoms with Crippen molar-refractivity contribution in [2.75, 3.05) is 16.8 Å². The van der Waals surface area contributed by atoms with Crippen LogP contribution in [-0.4, -0.2) is 16.6 Å². The normalized spacial score (nSPS) is 10.1. The van der Waals surface area contributed by atoms with Crippen molar-refractivity contribution in [3.63, 3.8) is 0 Å². The summed E-state index contributed by atoms with van der Waals surface area (Å²) >= 11 is 0. The first-order valence-corrected chi connectivity index (χ1v) is 5.95. The first-order valence-electron chi connectivity index (χ1n) is 5.95. The minimum absolute atomic E-state index is 0.240. The van der Waals surface area contributed by atoms with E-state index in [1.54, 1.807) is 24.3 Å². The van der Waals surface area contributed by atoms with Crippen LogP contribution in [0.2, 0.25) is 0 Å². The van der Waals surface area contributed by atoms with Crippen molar-refractivity contribution in [3.05, 3.63) is 47.8 Å². The molecular formula is C14H15N5O. The monoisotopic (exact) mass is 269 g/mol. The zero-order valence-corrected chi connectivity index (χ0v) is 11.0. The predicted octanol–water partition coefficient (Wildman–Crippen LogP) is 1.56. The van der Waals surface area contributed by atoms with Gasteiger partial charge in [-0.3, -0.25) is 15.2 Å². The molecule has 0 saturated heterocycles. The third-order valence-electron chi connectivity index (χ3n) is 2.74. The van der Waals surface area contributed by atoms with Gasteiger partial charge in [0.2, 0.25) is 0 Å². The SMILES string of the molecule is Cc1ccc(NC(=O)C(=N)c2cc(N)ccc2N)cn1. The molecule has 0 aliphatic carbocycles. The minimum Gasteiger partial charge on any atom is -0.399 e. The number of nitrogens with zero attached hydrogens (tertiary/aromatic N) is 1. The molecule has 0 fully saturated rings. The summed E-state index contributed by atoms with van der Waals surface area (Å²) in [5.74, 6) is -0.562. The largest absolute Gasteiger partial charge is 0.399 e. The van der Waals surface area contributed by atoms with E-state index in [2.05, 4.69) is 10.3 Å². The number of aryl methyl sites for hydroxylation is 1. The van der Waals surface area contributed by atoms with Crippen LogP contribution in [0.25, 0.3) is 0 Å². The molecule has 6 heteroatoms. The Morgan fingerprint density at radius 2 is 2.00 bits per heavy atom. The van der Waals surface area contributed by atoms with E-state index in [4.69, 9.17) is 16.9 Å². The van der Waals surface area contributed by atoms with E-state index in [9.17, 15) is 4.79 Å². The van der Waals surface area contributed by atoms with Crippen molar-refractivity contribution in [2.45, 2.75) is 6.92 Å². The van der Waals surface area contributed by atoms with Crippen LogP contribution < -0.4 is 16.8 Å². The number of nitrogens with two attached hydrogens (primary N) is 2. The number of carbonyl (C=O) groups excluding carboxylic acids is 1. The van der Waals surface area contributed by atoms with Gasteiger partial charge in [0.1, 0.15) is 5.71 Å². The number of nitrogens with one attached hydrogen (secondary N) is 2. The summed E-state index contributed by atoms with van der Waals surface area (Å²) in [5.41, 5.74) is 13.6. The van der Waals surface area contributed by atoms with E-state index in [0.29, 0.717) is 22.6 Å². The number of carbonyl (C=O) groups is 1. The van der Waals surface area contributed by atoms with Crippen molar-refractivity contribution in [1.82, 2.24) is 4.98 Å². The van der Waals surface area contributed by atoms with Gasteiger partial charge in [0.15, 0.2) is 0 Å². The van der Waals surface area contributed by atoms with Gasteiger partial charge >= 0.3 is 0 Å². The van der Waals surface area contributed by atoms with E-state index < -0.39 is 5.91 Å². The van der Waals surface area contributed by atoms with Crippen LogP contribution in [0.5, 0.6) is 0 Å². The second kappa shape index (κ2) is 5.40. The molecule has 0 atom stereocenters. The lowest BCUT2D eigenvalue weighted by atomic mass is 10.1. The fourth-order valence-electron chi connectivity index (χ4n) is 1.65. The van der Waals surface area contributed by atoms with Gasteiger partial charge in [-0.2, -0.15) is 0 Å². The molecule has 1 aromatic heterocycles. The number of anilines is 3. The topological polar surface area (TPSA) is 118 Å². The lowest BCUT2D eigenvalue weighted by molar-refractivity contribution is -0.110. The smallest absolute Gasteiger partial charge is 0.274 e. The van der Waals surface area contributed by atoms with Gasteiger partial charge in [-0.25, -0.2) is 0 Å². The zero-order valence-electron chi connectivity index (χ0n) is 11.0. The number of amides is 1. The molecular weight excluding hydrogens is 254 g/mol. The molecule has 20 heavy (non-hydrogen) atoms. The van der Waals surface area contributed by atoms with Gasteiger partial charge in [-0.1, -0.05) is 0 Å². The maximum atomic E-state index is 12.0. The summed E-state index contributed by atoms with van der Waals surface area (Å²) in [6.07, 6.45) is 1.53. The Bertz CT molecular complexity index is 664. The second-order valence-corrected chi connectivity index (χ2v) is 4.36. The van der Waals surface area contributed by atoms with Crippen molar-refractivity contribution in [1.29, 1.82) is 5.41 Å². The molecule has 102 valence electrons. The molecule has 0 saturated carbocycles. The molecule has 6 N–H and O–H groups in total. The van der Waals surface area contributed by atoms with Crippen LogP contribution in [0.1, 0.15) is 11.3 Å². The van der Waals surface area contributed by atoms with Crippen LogP contribution >= 0.6 is 0 Å². The number of hydrogen-bond acceptors (Lipinski definition) is 5. The van der Waals surface area contributed by atoms with E-state index >= 15 is 0 Å². The predicted molar refractivity (Wildman–Crippen MR) is 79.7 cm³/mol. The summed E-state index contributed by atoms with van der Waals surface area (Å²) < 4.78 is 0. The summed E-state index contributed by atoms with van der Waals surface area (Å²) in [6.45, 7) is 1.85. The third-order valence-corrected chi connectivity index (χ3v) is 2.74. The highest BCUT2D eigenvalue weighted by molar-refractivity contribution is 6.48. The van der Waals surface area contributed by atoms with Gasteiger partial charge < -0.3 is 16.8 Å². The molecule has 0 radical (unpaired) electrons. The summed E-state index contributed by atoms with van der Waals surface area (Å²) in [6, 6.07) is 8.18. The number of pyridine rings is 1. The highest BCUT2D eigenvalue weighted by Gasteiger charge is 2.15. The Kier molecular flexibility index (Phi) is 3.65. The van der Waals surface area contributed by atoms with E-state index in [1.165, 1.54) is 12.3 Å². The lowest BCUT2D eigenvalue weighted by Gasteiger charge is -2.09. The molecule has 1 amide bonds. The van der Waals surface area contributed by atoms with Crippen LogP contribution in [0.15, 0.2) is 36.5 Å². The lowest BCUT2D eigenvalue weighted by Crippen LogP contribution is -2.24. The fraction of sp³-hybridized carbons (Fsp3) is 0.0714. The summed E-state index contributed by atoms with van der Waals surface area (Å²) in [4.78, 5) is 16.1. The van der Waals surface area contributed by atoms with Gasteiger partial charge in [-0.05, 0) is 37.3 Å². The highest BCUT2D eigenvalue weighted by atomic mass is 16.1. The fourth-order valence-corrected chi connectivity index (χ4v) is 1.65. The average Bonchev–Trinajstić information content (AvgIpc) is 2.43. The third kappa shape index (κ3) is 2.92. The zero-order chi connectivity index (χ0) is 14.7. The van der Waals surface area contributed by atoms with Crippen LogP contribution in [0, 0.1) is 12.3 Å². The first-order chi connectivity index (χ1) is 9.47. The Hall–Kier alpha value is -2.89. The molecule has 2 rings (SSSR count). The molecule has 1 heterocycles. The van der Waals surface area contributed by atoms with Crippen LogP contribution in [-0.2, 0) is 4.79 Å². The Morgan fingerprint density at radius 1 is 1.25 bits per heavy atom. The molecule has 0 aliphatic heterocycles. The van der Waals surface area contributed by atoms with E-state index in [0.717, 1.165) is 5.69 Å². The summed E-state index contributed by atoms with van der Waals surface area (Å²) in [5, 5.41) is 10.5. The molecule has 0 aliphatic rings. The van der Waals surface area contributed by atoms with Crippen molar-refractivity contribution in [3.8, 4) is 0 Å². The summed E-state index contributed by atoms with van der Waals surface area (Å²) in [7, 11) is 0. The van der Waals surface area contributed by atoms with Crippen molar-refractivity contribution >= 4 is 28.7 Å². The van der Waals surface area contributed by atoms with Gasteiger partial charge in [0.25, 0.3) is 5.91 Å². The standard InChI is InChI=1S/C14H15N5O/c1-8-2-4-10(7-18-8)19-14(20)13(17)11-6-9(15)3-5-12(11)16/h2-7,17H,15-16H2,1H3,(H,19,20). The molecule has 2 aromatic rings. The maximum absolute atomic E-state index is 12.0. The highest BCUT2D eigenvalue weighted by Crippen LogP contribution is 2.17.